The lowest BCUT2D eigenvalue weighted by molar-refractivity contribution is 0.597. The van der Waals surface area contributed by atoms with Crippen LogP contribution in [0.2, 0.25) is 0 Å². The number of rotatable bonds is 5. The topological polar surface area (TPSA) is 103 Å². The van der Waals surface area contributed by atoms with Crippen LogP contribution in [-0.4, -0.2) is 23.0 Å². The molecule has 2 rings (SSSR count). The maximum atomic E-state index is 12.0. The third-order valence-electron chi connectivity index (χ3n) is 2.55. The van der Waals surface area contributed by atoms with Crippen molar-refractivity contribution in [3.05, 3.63) is 36.4 Å². The van der Waals surface area contributed by atoms with Gasteiger partial charge in [-0.25, -0.2) is 9.97 Å². The molecule has 2 aromatic rings. The Morgan fingerprint density at radius 3 is 2.68 bits per heavy atom. The van der Waals surface area contributed by atoms with Crippen LogP contribution in [0.1, 0.15) is 12.5 Å². The number of aryl methyl sites for hydroxylation is 1. The molecule has 0 aliphatic carbocycles. The van der Waals surface area contributed by atoms with Crippen LogP contribution in [-0.2, 0) is 23.1 Å². The predicted octanol–water partition coefficient (Wildman–Crippen LogP) is 0.557. The van der Waals surface area contributed by atoms with Gasteiger partial charge in [0.25, 0.3) is 10.0 Å². The molecule has 0 amide bonds. The Kier molecular flexibility index (Phi) is 3.82. The molecule has 0 saturated carbocycles. The first-order valence-corrected chi connectivity index (χ1v) is 7.23. The fraction of sp³-hybridized carbons (Fsp3) is 0.273. The lowest BCUT2D eigenvalue weighted by Crippen LogP contribution is -2.14. The van der Waals surface area contributed by atoms with Crippen LogP contribution in [0.3, 0.4) is 0 Å². The van der Waals surface area contributed by atoms with Crippen molar-refractivity contribution < 1.29 is 8.42 Å². The molecule has 3 N–H and O–H groups in total. The predicted molar refractivity (Wildman–Crippen MR) is 70.8 cm³/mol. The standard InChI is InChI=1S/C11H15N5O2S/c1-2-16-7-11(14-8-16)19(17,18)15-10-4-3-9(5-12)6-13-10/h3-4,6-8H,2,5,12H2,1H3,(H,13,15). The summed E-state index contributed by atoms with van der Waals surface area (Å²) in [5.74, 6) is 0.239. The molecule has 7 nitrogen and oxygen atoms in total. The van der Waals surface area contributed by atoms with Gasteiger partial charge in [0.1, 0.15) is 5.82 Å². The largest absolute Gasteiger partial charge is 0.336 e. The SMILES string of the molecule is CCn1cnc(S(=O)(=O)Nc2ccc(CN)cn2)c1. The first-order valence-electron chi connectivity index (χ1n) is 5.74. The number of anilines is 1. The average Bonchev–Trinajstić information content (AvgIpc) is 2.89. The molecule has 0 fully saturated rings. The normalized spacial score (nSPS) is 11.5. The summed E-state index contributed by atoms with van der Waals surface area (Å²) < 4.78 is 28.1. The van der Waals surface area contributed by atoms with Crippen LogP contribution < -0.4 is 10.5 Å². The Balaban J connectivity index is 2.20. The van der Waals surface area contributed by atoms with Crippen molar-refractivity contribution in [2.75, 3.05) is 4.72 Å². The van der Waals surface area contributed by atoms with Gasteiger partial charge in [0, 0.05) is 25.5 Å². The third kappa shape index (κ3) is 3.09. The number of aromatic nitrogens is 3. The van der Waals surface area contributed by atoms with Crippen molar-refractivity contribution in [3.63, 3.8) is 0 Å². The highest BCUT2D eigenvalue weighted by molar-refractivity contribution is 7.92. The first-order chi connectivity index (χ1) is 9.05. The summed E-state index contributed by atoms with van der Waals surface area (Å²) in [4.78, 5) is 7.84. The van der Waals surface area contributed by atoms with E-state index in [-0.39, 0.29) is 10.8 Å². The van der Waals surface area contributed by atoms with E-state index in [9.17, 15) is 8.42 Å². The van der Waals surface area contributed by atoms with Gasteiger partial charge in [-0.3, -0.25) is 4.72 Å². The van der Waals surface area contributed by atoms with Gasteiger partial charge in [0.05, 0.1) is 6.33 Å². The molecule has 0 aliphatic rings. The van der Waals surface area contributed by atoms with Crippen molar-refractivity contribution in [3.8, 4) is 0 Å². The van der Waals surface area contributed by atoms with Crippen LogP contribution in [0.25, 0.3) is 0 Å². The van der Waals surface area contributed by atoms with Crippen molar-refractivity contribution in [1.29, 1.82) is 0 Å². The Bertz CT molecular complexity index is 648. The second-order valence-electron chi connectivity index (χ2n) is 3.90. The molecule has 2 aromatic heterocycles. The number of nitrogens with zero attached hydrogens (tertiary/aromatic N) is 3. The zero-order valence-electron chi connectivity index (χ0n) is 10.4. The van der Waals surface area contributed by atoms with E-state index in [1.54, 1.807) is 16.7 Å². The molecule has 19 heavy (non-hydrogen) atoms. The number of nitrogens with two attached hydrogens (primary N) is 1. The van der Waals surface area contributed by atoms with Gasteiger partial charge in [-0.05, 0) is 18.6 Å². The van der Waals surface area contributed by atoms with Gasteiger partial charge in [0.15, 0.2) is 5.03 Å². The van der Waals surface area contributed by atoms with Crippen LogP contribution in [0.5, 0.6) is 0 Å². The lowest BCUT2D eigenvalue weighted by atomic mass is 10.3. The maximum Gasteiger partial charge on any atom is 0.282 e. The molecule has 0 aromatic carbocycles. The smallest absolute Gasteiger partial charge is 0.282 e. The molecule has 8 heteroatoms. The highest BCUT2D eigenvalue weighted by Crippen LogP contribution is 2.12. The summed E-state index contributed by atoms with van der Waals surface area (Å²) in [5, 5.41) is -0.0287. The summed E-state index contributed by atoms with van der Waals surface area (Å²) >= 11 is 0. The highest BCUT2D eigenvalue weighted by atomic mass is 32.2. The van der Waals surface area contributed by atoms with Crippen molar-refractivity contribution in [2.45, 2.75) is 25.0 Å². The van der Waals surface area contributed by atoms with Crippen LogP contribution in [0.4, 0.5) is 5.82 Å². The van der Waals surface area contributed by atoms with Gasteiger partial charge in [-0.2, -0.15) is 8.42 Å². The first kappa shape index (κ1) is 13.5. The Morgan fingerprint density at radius 1 is 1.37 bits per heavy atom. The number of imidazole rings is 1. The molecule has 0 bridgehead atoms. The van der Waals surface area contributed by atoms with E-state index in [1.165, 1.54) is 18.7 Å². The Labute approximate surface area is 111 Å². The molecule has 102 valence electrons. The van der Waals surface area contributed by atoms with Crippen molar-refractivity contribution >= 4 is 15.8 Å². The second-order valence-corrected chi connectivity index (χ2v) is 5.53. The van der Waals surface area contributed by atoms with Gasteiger partial charge in [0.2, 0.25) is 0 Å². The number of hydrogen-bond donors (Lipinski definition) is 2. The highest BCUT2D eigenvalue weighted by Gasteiger charge is 2.17. The van der Waals surface area contributed by atoms with Crippen molar-refractivity contribution in [2.24, 2.45) is 5.73 Å². The number of nitrogens with one attached hydrogen (secondary N) is 1. The van der Waals surface area contributed by atoms with E-state index in [4.69, 9.17) is 5.73 Å². The monoisotopic (exact) mass is 281 g/mol. The number of sulfonamides is 1. The molecule has 0 atom stereocenters. The van der Waals surface area contributed by atoms with Crippen LogP contribution in [0.15, 0.2) is 35.9 Å². The van der Waals surface area contributed by atoms with Gasteiger partial charge >= 0.3 is 0 Å². The summed E-state index contributed by atoms with van der Waals surface area (Å²) in [7, 11) is -3.70. The fourth-order valence-electron chi connectivity index (χ4n) is 1.45. The number of pyridine rings is 1. The van der Waals surface area contributed by atoms with E-state index in [1.807, 2.05) is 6.92 Å². The number of hydrogen-bond acceptors (Lipinski definition) is 5. The van der Waals surface area contributed by atoms with Crippen LogP contribution >= 0.6 is 0 Å². The van der Waals surface area contributed by atoms with Gasteiger partial charge in [-0.15, -0.1) is 0 Å². The third-order valence-corrected chi connectivity index (χ3v) is 3.79. The van der Waals surface area contributed by atoms with Gasteiger partial charge in [-0.1, -0.05) is 6.07 Å². The summed E-state index contributed by atoms with van der Waals surface area (Å²) in [6.45, 7) is 2.92. The van der Waals surface area contributed by atoms with E-state index < -0.39 is 10.0 Å². The molecular weight excluding hydrogens is 266 g/mol. The van der Waals surface area contributed by atoms with E-state index in [2.05, 4.69) is 14.7 Å². The Hall–Kier alpha value is -1.93. The van der Waals surface area contributed by atoms with Gasteiger partial charge < -0.3 is 10.3 Å². The molecule has 0 radical (unpaired) electrons. The molecule has 0 aliphatic heterocycles. The average molecular weight is 281 g/mol. The van der Waals surface area contributed by atoms with E-state index in [0.717, 1.165) is 5.56 Å². The molecule has 2 heterocycles. The van der Waals surface area contributed by atoms with E-state index >= 15 is 0 Å². The molecule has 0 unspecified atom stereocenters. The summed E-state index contributed by atoms with van der Waals surface area (Å²) in [5.41, 5.74) is 6.28. The zero-order valence-corrected chi connectivity index (χ0v) is 11.3. The van der Waals surface area contributed by atoms with Crippen LogP contribution in [0, 0.1) is 0 Å². The van der Waals surface area contributed by atoms with E-state index in [0.29, 0.717) is 13.1 Å². The minimum Gasteiger partial charge on any atom is -0.336 e. The fourth-order valence-corrected chi connectivity index (χ4v) is 2.41. The minimum absolute atomic E-state index is 0.0287. The maximum absolute atomic E-state index is 12.0. The minimum atomic E-state index is -3.70. The molecule has 0 saturated heterocycles. The quantitative estimate of drug-likeness (QED) is 0.833. The lowest BCUT2D eigenvalue weighted by Gasteiger charge is -2.05. The summed E-state index contributed by atoms with van der Waals surface area (Å²) in [6.07, 6.45) is 4.47. The zero-order chi connectivity index (χ0) is 13.9. The van der Waals surface area contributed by atoms with Crippen molar-refractivity contribution in [1.82, 2.24) is 14.5 Å². The Morgan fingerprint density at radius 2 is 2.16 bits per heavy atom. The molecule has 0 spiro atoms. The second kappa shape index (κ2) is 5.37. The summed E-state index contributed by atoms with van der Waals surface area (Å²) in [6, 6.07) is 3.28. The molecular formula is C11H15N5O2S.